The summed E-state index contributed by atoms with van der Waals surface area (Å²) in [5.41, 5.74) is 14.1. The molecule has 280 valence electrons. The molecule has 0 atom stereocenters. The van der Waals surface area contributed by atoms with E-state index in [0.717, 1.165) is 72.4 Å². The molecule has 0 radical (unpaired) electrons. The maximum absolute atomic E-state index is 6.68. The predicted octanol–water partition coefficient (Wildman–Crippen LogP) is 15.5. The zero-order chi connectivity index (χ0) is 39.4. The van der Waals surface area contributed by atoms with Crippen LogP contribution < -0.4 is 9.64 Å². The van der Waals surface area contributed by atoms with Crippen LogP contribution in [0, 0.1) is 0 Å². The van der Waals surface area contributed by atoms with Gasteiger partial charge in [-0.15, -0.1) is 0 Å². The van der Waals surface area contributed by atoms with Crippen LogP contribution in [0.15, 0.2) is 217 Å². The van der Waals surface area contributed by atoms with Crippen LogP contribution in [0.5, 0.6) is 11.5 Å². The topological polar surface area (TPSA) is 25.6 Å². The van der Waals surface area contributed by atoms with Crippen molar-refractivity contribution in [1.82, 2.24) is 0 Å². The molecule has 1 aliphatic heterocycles. The van der Waals surface area contributed by atoms with Gasteiger partial charge < -0.3 is 14.1 Å². The Kier molecular flexibility index (Phi) is 6.93. The highest BCUT2D eigenvalue weighted by atomic mass is 16.5. The van der Waals surface area contributed by atoms with E-state index < -0.39 is 5.41 Å². The molecule has 1 aromatic heterocycles. The fourth-order valence-electron chi connectivity index (χ4n) is 10.5. The van der Waals surface area contributed by atoms with E-state index in [2.05, 4.69) is 211 Å². The average molecular weight is 766 g/mol. The minimum absolute atomic E-state index is 0.589. The third-order valence-electron chi connectivity index (χ3n) is 12.9. The van der Waals surface area contributed by atoms with Crippen LogP contribution in [0.1, 0.15) is 22.3 Å². The number of nitrogens with zero attached hydrogens (tertiary/aromatic N) is 1. The highest BCUT2D eigenvalue weighted by molar-refractivity contribution is 6.16. The van der Waals surface area contributed by atoms with Crippen molar-refractivity contribution in [3.63, 3.8) is 0 Å². The lowest BCUT2D eigenvalue weighted by Gasteiger charge is -2.39. The fourth-order valence-corrected chi connectivity index (χ4v) is 10.5. The minimum Gasteiger partial charge on any atom is -0.457 e. The molecule has 0 amide bonds. The second-order valence-corrected chi connectivity index (χ2v) is 15.9. The van der Waals surface area contributed by atoms with Crippen molar-refractivity contribution in [2.24, 2.45) is 0 Å². The van der Waals surface area contributed by atoms with E-state index >= 15 is 0 Å². The van der Waals surface area contributed by atoms with Crippen molar-refractivity contribution in [3.05, 3.63) is 235 Å². The predicted molar refractivity (Wildman–Crippen MR) is 246 cm³/mol. The summed E-state index contributed by atoms with van der Waals surface area (Å²) in [5.74, 6) is 1.77. The molecule has 10 aromatic carbocycles. The zero-order valence-electron chi connectivity index (χ0n) is 32.5. The summed E-state index contributed by atoms with van der Waals surface area (Å²) in [6.07, 6.45) is 0. The number of rotatable bonds is 4. The highest BCUT2D eigenvalue weighted by Crippen LogP contribution is 2.64. The van der Waals surface area contributed by atoms with E-state index in [0.29, 0.717) is 0 Å². The van der Waals surface area contributed by atoms with Gasteiger partial charge in [-0.2, -0.15) is 0 Å². The molecule has 3 nitrogen and oxygen atoms in total. The van der Waals surface area contributed by atoms with Gasteiger partial charge in [0, 0.05) is 43.9 Å². The maximum atomic E-state index is 6.68. The van der Waals surface area contributed by atoms with Gasteiger partial charge in [-0.1, -0.05) is 158 Å². The molecule has 1 aliphatic carbocycles. The number of ether oxygens (including phenoxy) is 1. The molecule has 0 saturated heterocycles. The molecular weight excluding hydrogens is 731 g/mol. The van der Waals surface area contributed by atoms with E-state index in [1.54, 1.807) is 0 Å². The van der Waals surface area contributed by atoms with Gasteiger partial charge in [-0.05, 0) is 93.2 Å². The summed E-state index contributed by atoms with van der Waals surface area (Å²) >= 11 is 0. The van der Waals surface area contributed by atoms with Crippen molar-refractivity contribution in [1.29, 1.82) is 0 Å². The van der Waals surface area contributed by atoms with E-state index in [4.69, 9.17) is 9.15 Å². The summed E-state index contributed by atoms with van der Waals surface area (Å²) < 4.78 is 13.2. The molecule has 11 aromatic rings. The first-order valence-corrected chi connectivity index (χ1v) is 20.6. The Labute approximate surface area is 347 Å². The summed E-state index contributed by atoms with van der Waals surface area (Å²) in [7, 11) is 0. The molecule has 1 spiro atoms. The molecule has 0 bridgehead atoms. The average Bonchev–Trinajstić information content (AvgIpc) is 3.84. The standard InChI is InChI=1S/C57H35NO2/c1-2-15-36(16-3-1)39-33-34-50(42-18-5-4-17-41(39)42)58(38-30-32-40-37(35-38)29-31-44-43-19-7-11-26-52(43)60-56(40)44)51-25-14-24-49-55(51)45-20-6-8-21-46(45)57(49)47-22-9-12-27-53(47)59-54-28-13-10-23-48(54)57/h1-35H. The van der Waals surface area contributed by atoms with Crippen LogP contribution >= 0.6 is 0 Å². The smallest absolute Gasteiger partial charge is 0.143 e. The number of hydrogen-bond acceptors (Lipinski definition) is 3. The van der Waals surface area contributed by atoms with E-state index in [1.807, 2.05) is 6.07 Å². The molecule has 2 heterocycles. The lowest BCUT2D eigenvalue weighted by atomic mass is 9.66. The minimum atomic E-state index is -0.589. The SMILES string of the molecule is c1ccc(-c2ccc(N(c3ccc4c(ccc5c6ccccc6oc45)c3)c3cccc4c3-c3ccccc3C43c4ccccc4Oc4ccccc43)c3ccccc23)cc1. The van der Waals surface area contributed by atoms with Gasteiger partial charge in [0.2, 0.25) is 0 Å². The quantitative estimate of drug-likeness (QED) is 0.178. The first kappa shape index (κ1) is 33.1. The molecule has 0 saturated carbocycles. The first-order chi connectivity index (χ1) is 29.8. The van der Waals surface area contributed by atoms with Crippen molar-refractivity contribution in [2.75, 3.05) is 4.90 Å². The second kappa shape index (κ2) is 12.6. The summed E-state index contributed by atoms with van der Waals surface area (Å²) in [6, 6.07) is 76.8. The third kappa shape index (κ3) is 4.49. The summed E-state index contributed by atoms with van der Waals surface area (Å²) in [5, 5.41) is 6.85. The van der Waals surface area contributed by atoms with Crippen LogP contribution in [-0.2, 0) is 5.41 Å². The molecule has 2 aliphatic rings. The molecule has 0 unspecified atom stereocenters. The van der Waals surface area contributed by atoms with Crippen molar-refractivity contribution in [2.45, 2.75) is 5.41 Å². The second-order valence-electron chi connectivity index (χ2n) is 15.9. The van der Waals surface area contributed by atoms with Gasteiger partial charge in [-0.3, -0.25) is 0 Å². The number of furan rings is 1. The van der Waals surface area contributed by atoms with Crippen LogP contribution in [0.3, 0.4) is 0 Å². The summed E-state index contributed by atoms with van der Waals surface area (Å²) in [4.78, 5) is 2.49. The molecule has 60 heavy (non-hydrogen) atoms. The Morgan fingerprint density at radius 2 is 1.03 bits per heavy atom. The summed E-state index contributed by atoms with van der Waals surface area (Å²) in [6.45, 7) is 0. The maximum Gasteiger partial charge on any atom is 0.143 e. The van der Waals surface area contributed by atoms with Crippen LogP contribution in [0.4, 0.5) is 17.1 Å². The van der Waals surface area contributed by atoms with Gasteiger partial charge in [0.15, 0.2) is 0 Å². The Hall–Kier alpha value is -7.88. The molecule has 3 heteroatoms. The molecule has 0 fully saturated rings. The Balaban J connectivity index is 1.12. The Morgan fingerprint density at radius 3 is 1.85 bits per heavy atom. The first-order valence-electron chi connectivity index (χ1n) is 20.6. The zero-order valence-corrected chi connectivity index (χ0v) is 32.5. The van der Waals surface area contributed by atoms with Gasteiger partial charge >= 0.3 is 0 Å². The van der Waals surface area contributed by atoms with Crippen LogP contribution in [-0.4, -0.2) is 0 Å². The van der Waals surface area contributed by atoms with Crippen LogP contribution in [0.2, 0.25) is 0 Å². The van der Waals surface area contributed by atoms with E-state index in [1.165, 1.54) is 44.2 Å². The number of hydrogen-bond donors (Lipinski definition) is 0. The molecule has 0 N–H and O–H groups in total. The Bertz CT molecular complexity index is 3500. The van der Waals surface area contributed by atoms with Crippen molar-refractivity contribution in [3.8, 4) is 33.8 Å². The Morgan fingerprint density at radius 1 is 0.383 bits per heavy atom. The molecular formula is C57H35NO2. The third-order valence-corrected chi connectivity index (χ3v) is 12.9. The van der Waals surface area contributed by atoms with Crippen LogP contribution in [0.25, 0.3) is 65.7 Å². The largest absolute Gasteiger partial charge is 0.457 e. The van der Waals surface area contributed by atoms with Crippen molar-refractivity contribution < 1.29 is 9.15 Å². The lowest BCUT2D eigenvalue weighted by molar-refractivity contribution is 0.436. The lowest BCUT2D eigenvalue weighted by Crippen LogP contribution is -2.32. The number of anilines is 3. The van der Waals surface area contributed by atoms with Gasteiger partial charge in [-0.25, -0.2) is 0 Å². The molecule has 13 rings (SSSR count). The van der Waals surface area contributed by atoms with Gasteiger partial charge in [0.05, 0.1) is 16.8 Å². The fraction of sp³-hybridized carbons (Fsp3) is 0.0175. The normalized spacial score (nSPS) is 13.3. The van der Waals surface area contributed by atoms with Gasteiger partial charge in [0.1, 0.15) is 22.7 Å². The highest BCUT2D eigenvalue weighted by Gasteiger charge is 2.52. The number of para-hydroxylation sites is 3. The monoisotopic (exact) mass is 765 g/mol. The van der Waals surface area contributed by atoms with Gasteiger partial charge in [0.25, 0.3) is 0 Å². The number of fused-ring (bicyclic) bond motifs is 15. The van der Waals surface area contributed by atoms with E-state index in [-0.39, 0.29) is 0 Å². The van der Waals surface area contributed by atoms with E-state index in [9.17, 15) is 0 Å². The number of benzene rings is 10. The van der Waals surface area contributed by atoms with Crippen molar-refractivity contribution >= 4 is 60.5 Å².